The van der Waals surface area contributed by atoms with Crippen molar-refractivity contribution in [2.45, 2.75) is 0 Å². The molecule has 0 spiro atoms. The lowest BCUT2D eigenvalue weighted by Gasteiger charge is -2.07. The van der Waals surface area contributed by atoms with Gasteiger partial charge in [-0.25, -0.2) is 0 Å². The highest BCUT2D eigenvalue weighted by Gasteiger charge is 2.18. The van der Waals surface area contributed by atoms with E-state index in [0.717, 1.165) is 0 Å². The third-order valence-electron chi connectivity index (χ3n) is 5.35. The van der Waals surface area contributed by atoms with E-state index in [0.29, 0.717) is 27.6 Å². The number of benzene rings is 4. The number of pyridine rings is 1. The summed E-state index contributed by atoms with van der Waals surface area (Å²) in [6.45, 7) is 0. The molecule has 154 valence electrons. The van der Waals surface area contributed by atoms with Crippen molar-refractivity contribution >= 4 is 21.9 Å². The third kappa shape index (κ3) is 3.17. The number of furan rings is 1. The summed E-state index contributed by atoms with van der Waals surface area (Å²) in [5.74, 6) is 0. The summed E-state index contributed by atoms with van der Waals surface area (Å²) in [7, 11) is 0. The van der Waals surface area contributed by atoms with Crippen LogP contribution in [0.1, 0.15) is 17.9 Å². The second-order valence-corrected chi connectivity index (χ2v) is 7.23. The van der Waals surface area contributed by atoms with E-state index in [-0.39, 0.29) is 22.3 Å². The van der Waals surface area contributed by atoms with Crippen molar-refractivity contribution in [3.05, 3.63) is 115 Å². The Kier molecular flexibility index (Phi) is 2.78. The van der Waals surface area contributed by atoms with E-state index < -0.39 is 65.5 Å². The molecule has 0 atom stereocenters. The van der Waals surface area contributed by atoms with Crippen molar-refractivity contribution in [1.82, 2.24) is 4.98 Å². The van der Waals surface area contributed by atoms with Gasteiger partial charge in [0.25, 0.3) is 0 Å². The van der Waals surface area contributed by atoms with E-state index in [4.69, 9.17) is 16.8 Å². The van der Waals surface area contributed by atoms with Crippen molar-refractivity contribution in [1.29, 1.82) is 5.26 Å². The van der Waals surface area contributed by atoms with Gasteiger partial charge in [0.15, 0.2) is 0 Å². The normalized spacial score (nSPS) is 14.8. The lowest BCUT2D eigenvalue weighted by molar-refractivity contribution is 0.670. The van der Waals surface area contributed by atoms with Crippen LogP contribution >= 0.6 is 0 Å². The summed E-state index contributed by atoms with van der Waals surface area (Å²) in [5, 5.41) is 11.3. The van der Waals surface area contributed by atoms with Crippen LogP contribution in [0.25, 0.3) is 55.4 Å². The van der Waals surface area contributed by atoms with Crippen LogP contribution in [0.2, 0.25) is 0 Å². The molecule has 0 aliphatic heterocycles. The first kappa shape index (κ1) is 11.8. The first-order chi connectivity index (χ1) is 20.1. The molecular formula is C30H18N2O. The summed E-state index contributed by atoms with van der Waals surface area (Å²) in [6.07, 6.45) is 1.65. The van der Waals surface area contributed by atoms with Gasteiger partial charge < -0.3 is 4.42 Å². The minimum atomic E-state index is -0.658. The fourth-order valence-corrected chi connectivity index (χ4v) is 3.86. The zero-order chi connectivity index (χ0) is 30.0. The average Bonchev–Trinajstić information content (AvgIpc) is 3.39. The van der Waals surface area contributed by atoms with Gasteiger partial charge in [0.05, 0.1) is 29.7 Å². The summed E-state index contributed by atoms with van der Waals surface area (Å²) in [6, 6.07) is 10.7. The Bertz CT molecular complexity index is 2090. The van der Waals surface area contributed by atoms with Crippen LogP contribution in [0.15, 0.2) is 114 Å². The fourth-order valence-electron chi connectivity index (χ4n) is 3.86. The average molecular weight is 432 g/mol. The Morgan fingerprint density at radius 1 is 0.727 bits per heavy atom. The van der Waals surface area contributed by atoms with Gasteiger partial charge in [-0.2, -0.15) is 5.26 Å². The molecule has 6 aromatic rings. The smallest absolute Gasteiger partial charge is 0.144 e. The molecule has 0 radical (unpaired) electrons. The van der Waals surface area contributed by atoms with Crippen LogP contribution in [0.5, 0.6) is 0 Å². The number of para-hydroxylation sites is 1. The Hall–Kier alpha value is -4.68. The number of nitriles is 1. The van der Waals surface area contributed by atoms with E-state index >= 15 is 0 Å². The Morgan fingerprint density at radius 3 is 2.24 bits per heavy atom. The number of rotatable bonds is 3. The summed E-state index contributed by atoms with van der Waals surface area (Å²) < 4.78 is 82.3. The standard InChI is InChI=1S/C30H18N2O/c31-19-23-16-17-25-24-9-6-10-26(27-11-4-5-18-32-27)29(24)33-30(25)28(23)22-14-12-21(13-15-22)20-7-2-1-3-8-20/h1-18H/i1D,2D,3D,7D,8D,12D,13D,14D,15D. The number of hydrogen-bond donors (Lipinski definition) is 0. The molecule has 0 saturated heterocycles. The second-order valence-electron chi connectivity index (χ2n) is 7.23. The van der Waals surface area contributed by atoms with Crippen LogP contribution in [0.3, 0.4) is 0 Å². The molecule has 2 aromatic heterocycles. The highest BCUT2D eigenvalue weighted by molar-refractivity contribution is 6.13. The van der Waals surface area contributed by atoms with Gasteiger partial charge in [-0.15, -0.1) is 0 Å². The van der Waals surface area contributed by atoms with Gasteiger partial charge >= 0.3 is 0 Å². The maximum atomic E-state index is 10.0. The van der Waals surface area contributed by atoms with Crippen molar-refractivity contribution in [3.8, 4) is 39.6 Å². The minimum absolute atomic E-state index is 0.0531. The van der Waals surface area contributed by atoms with Crippen molar-refractivity contribution in [3.63, 3.8) is 0 Å². The molecule has 2 heterocycles. The molecule has 33 heavy (non-hydrogen) atoms. The fraction of sp³-hybridized carbons (Fsp3) is 0. The molecule has 0 amide bonds. The van der Waals surface area contributed by atoms with E-state index in [9.17, 15) is 5.26 Å². The molecule has 0 aliphatic rings. The van der Waals surface area contributed by atoms with Crippen molar-refractivity contribution in [2.75, 3.05) is 0 Å². The summed E-state index contributed by atoms with van der Waals surface area (Å²) in [5.41, 5.74) is 1.02. The zero-order valence-electron chi connectivity index (χ0n) is 26.0. The van der Waals surface area contributed by atoms with Crippen LogP contribution in [-0.2, 0) is 0 Å². The lowest BCUT2D eigenvalue weighted by atomic mass is 9.95. The number of aromatic nitrogens is 1. The molecule has 6 rings (SSSR count). The predicted molar refractivity (Wildman–Crippen MR) is 133 cm³/mol. The van der Waals surface area contributed by atoms with Crippen LogP contribution in [0, 0.1) is 11.3 Å². The Labute approximate surface area is 203 Å². The SMILES string of the molecule is [2H]c1c([2H])c([2H])c(-c2c([2H])c([2H])c(-c3c(C#N)ccc4c3oc3c(-c5ccccn5)cccc34)c([2H])c2[2H])c([2H])c1[2H]. The first-order valence-electron chi connectivity index (χ1n) is 14.6. The number of hydrogen-bond acceptors (Lipinski definition) is 3. The topological polar surface area (TPSA) is 49.8 Å². The molecule has 0 bridgehead atoms. The molecule has 0 aliphatic carbocycles. The van der Waals surface area contributed by atoms with Gasteiger partial charge in [-0.1, -0.05) is 72.6 Å². The molecule has 3 nitrogen and oxygen atoms in total. The zero-order valence-corrected chi connectivity index (χ0v) is 17.0. The minimum Gasteiger partial charge on any atom is -0.455 e. The van der Waals surface area contributed by atoms with E-state index in [2.05, 4.69) is 11.1 Å². The first-order valence-corrected chi connectivity index (χ1v) is 10.1. The maximum absolute atomic E-state index is 10.0. The van der Waals surface area contributed by atoms with E-state index in [1.807, 2.05) is 30.3 Å². The van der Waals surface area contributed by atoms with Gasteiger partial charge in [0.2, 0.25) is 0 Å². The van der Waals surface area contributed by atoms with Gasteiger partial charge in [-0.3, -0.25) is 4.98 Å². The molecule has 0 saturated carbocycles. The second kappa shape index (κ2) is 7.78. The van der Waals surface area contributed by atoms with Crippen LogP contribution < -0.4 is 0 Å². The van der Waals surface area contributed by atoms with Crippen molar-refractivity contribution in [2.24, 2.45) is 0 Å². The molecular weight excluding hydrogens is 404 g/mol. The summed E-state index contributed by atoms with van der Waals surface area (Å²) >= 11 is 0. The number of nitrogens with zero attached hydrogens (tertiary/aromatic N) is 2. The molecule has 0 unspecified atom stereocenters. The van der Waals surface area contributed by atoms with Gasteiger partial charge in [0, 0.05) is 28.1 Å². The van der Waals surface area contributed by atoms with Gasteiger partial charge in [-0.05, 0) is 47.0 Å². The largest absolute Gasteiger partial charge is 0.455 e. The predicted octanol–water partition coefficient (Wildman–Crippen LogP) is 7.85. The van der Waals surface area contributed by atoms with Crippen LogP contribution in [-0.4, -0.2) is 4.98 Å². The highest BCUT2D eigenvalue weighted by atomic mass is 16.3. The molecule has 3 heteroatoms. The Morgan fingerprint density at radius 2 is 1.48 bits per heavy atom. The van der Waals surface area contributed by atoms with Crippen molar-refractivity contribution < 1.29 is 16.8 Å². The highest BCUT2D eigenvalue weighted by Crippen LogP contribution is 2.41. The quantitative estimate of drug-likeness (QED) is 0.287. The summed E-state index contributed by atoms with van der Waals surface area (Å²) in [4.78, 5) is 4.41. The lowest BCUT2D eigenvalue weighted by Crippen LogP contribution is -1.86. The molecule has 4 aromatic carbocycles. The molecule has 0 N–H and O–H groups in total. The number of fused-ring (bicyclic) bond motifs is 3. The maximum Gasteiger partial charge on any atom is 0.144 e. The van der Waals surface area contributed by atoms with Gasteiger partial charge in [0.1, 0.15) is 11.2 Å². The van der Waals surface area contributed by atoms with Crippen LogP contribution in [0.4, 0.5) is 0 Å². The Balaban J connectivity index is 1.71. The van der Waals surface area contributed by atoms with E-state index in [1.54, 1.807) is 18.3 Å². The van der Waals surface area contributed by atoms with E-state index in [1.165, 1.54) is 6.07 Å². The molecule has 0 fully saturated rings. The third-order valence-corrected chi connectivity index (χ3v) is 5.35. The monoisotopic (exact) mass is 431 g/mol.